The zero-order valence-electron chi connectivity index (χ0n) is 16.6. The van der Waals surface area contributed by atoms with E-state index >= 15 is 0 Å². The second-order valence-corrected chi connectivity index (χ2v) is 7.73. The van der Waals surface area contributed by atoms with Crippen molar-refractivity contribution in [3.05, 3.63) is 86.8 Å². The number of hydrogen-bond acceptors (Lipinski definition) is 7. The minimum absolute atomic E-state index is 0.0176. The Hall–Kier alpha value is -3.92. The maximum atomic E-state index is 13.1. The van der Waals surface area contributed by atoms with Gasteiger partial charge < -0.3 is 9.15 Å². The van der Waals surface area contributed by atoms with Crippen LogP contribution < -0.4 is 4.74 Å². The van der Waals surface area contributed by atoms with Gasteiger partial charge in [-0.05, 0) is 53.7 Å². The quantitative estimate of drug-likeness (QED) is 0.285. The molecule has 0 N–H and O–H groups in total. The van der Waals surface area contributed by atoms with Crippen molar-refractivity contribution in [2.24, 2.45) is 0 Å². The van der Waals surface area contributed by atoms with Gasteiger partial charge in [0.15, 0.2) is 0 Å². The van der Waals surface area contributed by atoms with E-state index in [9.17, 15) is 24.1 Å². The van der Waals surface area contributed by atoms with Gasteiger partial charge in [0.05, 0.1) is 35.1 Å². The Balaban J connectivity index is 1.57. The third kappa shape index (κ3) is 4.26. The molecule has 4 rings (SSSR count). The van der Waals surface area contributed by atoms with Crippen LogP contribution in [0.15, 0.2) is 63.9 Å². The van der Waals surface area contributed by atoms with Gasteiger partial charge in [0.25, 0.3) is 16.8 Å². The van der Waals surface area contributed by atoms with Crippen LogP contribution in [0.1, 0.15) is 11.3 Å². The highest BCUT2D eigenvalue weighted by atomic mass is 32.2. The van der Waals surface area contributed by atoms with Crippen LogP contribution in [0.2, 0.25) is 0 Å². The Morgan fingerprint density at radius 2 is 1.91 bits per heavy atom. The Morgan fingerprint density at radius 1 is 1.16 bits per heavy atom. The summed E-state index contributed by atoms with van der Waals surface area (Å²) in [6.45, 7) is 0.0176. The molecule has 1 saturated heterocycles. The highest BCUT2D eigenvalue weighted by molar-refractivity contribution is 8.18. The van der Waals surface area contributed by atoms with E-state index in [0.29, 0.717) is 11.3 Å². The number of nitro groups is 1. The summed E-state index contributed by atoms with van der Waals surface area (Å²) in [6, 6.07) is 13.0. The molecule has 0 saturated carbocycles. The van der Waals surface area contributed by atoms with E-state index in [1.54, 1.807) is 18.2 Å². The molecule has 8 nitrogen and oxygen atoms in total. The number of thioether (sulfide) groups is 1. The summed E-state index contributed by atoms with van der Waals surface area (Å²) in [5.74, 6) is -0.0817. The van der Waals surface area contributed by atoms with Crippen LogP contribution in [0.3, 0.4) is 0 Å². The summed E-state index contributed by atoms with van der Waals surface area (Å²) < 4.78 is 23.8. The van der Waals surface area contributed by atoms with Gasteiger partial charge in [-0.2, -0.15) is 0 Å². The lowest BCUT2D eigenvalue weighted by Crippen LogP contribution is -2.27. The molecule has 0 atom stereocenters. The number of amides is 2. The number of benzene rings is 2. The fraction of sp³-hybridized carbons (Fsp3) is 0.0909. The van der Waals surface area contributed by atoms with Crippen LogP contribution in [0, 0.1) is 15.9 Å². The smallest absolute Gasteiger partial charge is 0.293 e. The standard InChI is InChI=1S/C22H15FN2O6S/c1-30-15-6-8-17(18(10-15)25(28)29)19-9-7-16(31-19)11-20-21(26)24(22(27)32-20)12-13-2-4-14(23)5-3-13/h2-11H,12H2,1H3/b20-11-. The lowest BCUT2D eigenvalue weighted by Gasteiger charge is -2.12. The van der Waals surface area contributed by atoms with Gasteiger partial charge in [-0.25, -0.2) is 4.39 Å². The first-order valence-corrected chi connectivity index (χ1v) is 10.1. The zero-order valence-corrected chi connectivity index (χ0v) is 17.4. The number of rotatable bonds is 6. The molecule has 2 heterocycles. The van der Waals surface area contributed by atoms with Crippen LogP contribution in [-0.2, 0) is 11.3 Å². The highest BCUT2D eigenvalue weighted by Crippen LogP contribution is 2.37. The number of halogens is 1. The van der Waals surface area contributed by atoms with Crippen LogP contribution in [-0.4, -0.2) is 28.1 Å². The Morgan fingerprint density at radius 3 is 2.59 bits per heavy atom. The molecule has 0 unspecified atom stereocenters. The molecule has 3 aromatic rings. The maximum absolute atomic E-state index is 13.1. The van der Waals surface area contributed by atoms with Gasteiger partial charge in [0, 0.05) is 6.08 Å². The third-order valence-corrected chi connectivity index (χ3v) is 5.60. The Kier molecular flexibility index (Phi) is 5.78. The minimum Gasteiger partial charge on any atom is -0.497 e. The average Bonchev–Trinajstić information content (AvgIpc) is 3.35. The minimum atomic E-state index is -0.541. The molecular weight excluding hydrogens is 439 g/mol. The molecule has 0 spiro atoms. The number of hydrogen-bond donors (Lipinski definition) is 0. The summed E-state index contributed by atoms with van der Waals surface area (Å²) in [6.07, 6.45) is 1.41. The monoisotopic (exact) mass is 454 g/mol. The Bertz CT molecular complexity index is 1250. The summed E-state index contributed by atoms with van der Waals surface area (Å²) in [4.78, 5) is 37.1. The van der Waals surface area contributed by atoms with Crippen molar-refractivity contribution < 1.29 is 28.1 Å². The largest absolute Gasteiger partial charge is 0.497 e. The third-order valence-electron chi connectivity index (χ3n) is 4.69. The lowest BCUT2D eigenvalue weighted by molar-refractivity contribution is -0.384. The van der Waals surface area contributed by atoms with Crippen molar-refractivity contribution in [1.29, 1.82) is 0 Å². The van der Waals surface area contributed by atoms with Gasteiger partial charge >= 0.3 is 0 Å². The maximum Gasteiger partial charge on any atom is 0.293 e. The molecule has 0 bridgehead atoms. The van der Waals surface area contributed by atoms with Crippen LogP contribution in [0.5, 0.6) is 5.75 Å². The predicted molar refractivity (Wildman–Crippen MR) is 115 cm³/mol. The van der Waals surface area contributed by atoms with E-state index in [-0.39, 0.29) is 34.2 Å². The van der Waals surface area contributed by atoms with Crippen LogP contribution in [0.4, 0.5) is 14.9 Å². The highest BCUT2D eigenvalue weighted by Gasteiger charge is 2.35. The van der Waals surface area contributed by atoms with Crippen molar-refractivity contribution in [1.82, 2.24) is 4.90 Å². The van der Waals surface area contributed by atoms with Crippen molar-refractivity contribution in [2.75, 3.05) is 7.11 Å². The average molecular weight is 454 g/mol. The molecule has 2 amide bonds. The van der Waals surface area contributed by atoms with Gasteiger partial charge in [-0.15, -0.1) is 0 Å². The topological polar surface area (TPSA) is 103 Å². The summed E-state index contributed by atoms with van der Waals surface area (Å²) in [7, 11) is 1.41. The second-order valence-electron chi connectivity index (χ2n) is 6.74. The molecular formula is C22H15FN2O6S. The molecule has 1 aliphatic rings. The number of nitro benzene ring substituents is 1. The molecule has 162 valence electrons. The molecule has 1 fully saturated rings. The number of carbonyl (C=O) groups excluding carboxylic acids is 2. The molecule has 2 aromatic carbocycles. The van der Waals surface area contributed by atoms with E-state index in [4.69, 9.17) is 9.15 Å². The Labute approximate surface area is 185 Å². The molecule has 1 aliphatic heterocycles. The fourth-order valence-electron chi connectivity index (χ4n) is 3.11. The van der Waals surface area contributed by atoms with Crippen LogP contribution >= 0.6 is 11.8 Å². The molecule has 0 radical (unpaired) electrons. The van der Waals surface area contributed by atoms with Gasteiger partial charge in [0.2, 0.25) is 0 Å². The first-order chi connectivity index (χ1) is 15.4. The van der Waals surface area contributed by atoms with E-state index in [2.05, 4.69) is 0 Å². The summed E-state index contributed by atoms with van der Waals surface area (Å²) in [5.41, 5.74) is 0.673. The predicted octanol–water partition coefficient (Wildman–Crippen LogP) is 5.24. The number of nitrogens with zero attached hydrogens (tertiary/aromatic N) is 2. The van der Waals surface area contributed by atoms with Crippen molar-refractivity contribution in [2.45, 2.75) is 6.54 Å². The first-order valence-electron chi connectivity index (χ1n) is 9.28. The second kappa shape index (κ2) is 8.67. The zero-order chi connectivity index (χ0) is 22.8. The fourth-order valence-corrected chi connectivity index (χ4v) is 3.93. The van der Waals surface area contributed by atoms with E-state index < -0.39 is 21.9 Å². The number of furan rings is 1. The summed E-state index contributed by atoms with van der Waals surface area (Å²) in [5, 5.41) is 11.0. The molecule has 1 aromatic heterocycles. The number of ether oxygens (including phenoxy) is 1. The molecule has 32 heavy (non-hydrogen) atoms. The van der Waals surface area contributed by atoms with E-state index in [1.165, 1.54) is 49.6 Å². The number of imide groups is 1. The lowest BCUT2D eigenvalue weighted by atomic mass is 10.1. The van der Waals surface area contributed by atoms with Gasteiger partial charge in [-0.1, -0.05) is 12.1 Å². The van der Waals surface area contributed by atoms with Crippen molar-refractivity contribution in [3.8, 4) is 17.1 Å². The number of carbonyl (C=O) groups is 2. The normalized spacial score (nSPS) is 14.9. The number of methoxy groups -OCH3 is 1. The van der Waals surface area contributed by atoms with Crippen LogP contribution in [0.25, 0.3) is 17.4 Å². The first kappa shape index (κ1) is 21.3. The molecule has 10 heteroatoms. The van der Waals surface area contributed by atoms with Gasteiger partial charge in [-0.3, -0.25) is 24.6 Å². The summed E-state index contributed by atoms with van der Waals surface area (Å²) >= 11 is 0.757. The van der Waals surface area contributed by atoms with Gasteiger partial charge in [0.1, 0.15) is 23.1 Å². The van der Waals surface area contributed by atoms with E-state index in [1.807, 2.05) is 0 Å². The SMILES string of the molecule is COc1ccc(-c2ccc(/C=C3\SC(=O)N(Cc4ccc(F)cc4)C3=O)o2)c([N+](=O)[O-])c1. The van der Waals surface area contributed by atoms with Crippen molar-refractivity contribution >= 4 is 34.7 Å². The van der Waals surface area contributed by atoms with E-state index in [0.717, 1.165) is 16.7 Å². The van der Waals surface area contributed by atoms with Crippen molar-refractivity contribution in [3.63, 3.8) is 0 Å². The molecule has 0 aliphatic carbocycles.